The van der Waals surface area contributed by atoms with E-state index in [1.807, 2.05) is 30.3 Å². The highest BCUT2D eigenvalue weighted by molar-refractivity contribution is 8.13. The molecule has 0 saturated heterocycles. The number of hydrogen-bond acceptors (Lipinski definition) is 3. The molecule has 0 fully saturated rings. The van der Waals surface area contributed by atoms with Gasteiger partial charge in [0.2, 0.25) is 0 Å². The third kappa shape index (κ3) is 3.11. The van der Waals surface area contributed by atoms with Crippen LogP contribution in [0.5, 0.6) is 0 Å². The summed E-state index contributed by atoms with van der Waals surface area (Å²) in [5.74, 6) is -0.364. The van der Waals surface area contributed by atoms with E-state index < -0.39 is 0 Å². The zero-order chi connectivity index (χ0) is 14.7. The Bertz CT molecular complexity index is 778. The molecule has 3 N–H and O–H groups in total. The fourth-order valence-electron chi connectivity index (χ4n) is 1.84. The second-order valence-electron chi connectivity index (χ2n) is 4.28. The number of nitrogens with zero attached hydrogens (tertiary/aromatic N) is 2. The van der Waals surface area contributed by atoms with Crippen LogP contribution in [-0.4, -0.2) is 21.0 Å². The van der Waals surface area contributed by atoms with Gasteiger partial charge in [-0.3, -0.25) is 4.79 Å². The molecular weight excluding hydrogens is 284 g/mol. The normalized spacial score (nSPS) is 11.7. The molecule has 3 rings (SSSR count). The standard InChI is InChI=1S/C15H12N4OS/c16-14(19-13(20)10-6-2-1-3-7-10)21-15-17-11-8-4-5-9-12(11)18-15/h1-9H,(H,17,18)(H2,16,19,20). The number of H-pyrrole nitrogens is 1. The van der Waals surface area contributed by atoms with Gasteiger partial charge >= 0.3 is 0 Å². The summed E-state index contributed by atoms with van der Waals surface area (Å²) in [6.45, 7) is 0. The van der Waals surface area contributed by atoms with Crippen molar-refractivity contribution >= 4 is 33.9 Å². The quantitative estimate of drug-likeness (QED) is 0.432. The number of amides is 1. The van der Waals surface area contributed by atoms with Crippen LogP contribution in [0.3, 0.4) is 0 Å². The summed E-state index contributed by atoms with van der Waals surface area (Å²) in [6, 6.07) is 16.5. The van der Waals surface area contributed by atoms with E-state index in [1.54, 1.807) is 24.3 Å². The lowest BCUT2D eigenvalue weighted by atomic mass is 10.2. The molecule has 0 unspecified atom stereocenters. The van der Waals surface area contributed by atoms with Crippen LogP contribution in [0.2, 0.25) is 0 Å². The van der Waals surface area contributed by atoms with Crippen LogP contribution in [0.25, 0.3) is 11.0 Å². The molecule has 0 aliphatic heterocycles. The first-order chi connectivity index (χ1) is 10.2. The molecule has 3 aromatic rings. The number of hydrogen-bond donors (Lipinski definition) is 2. The van der Waals surface area contributed by atoms with Crippen molar-refractivity contribution in [3.63, 3.8) is 0 Å². The molecule has 0 aliphatic rings. The molecule has 1 heterocycles. The minimum atomic E-state index is -0.364. The first-order valence-electron chi connectivity index (χ1n) is 6.28. The van der Waals surface area contributed by atoms with Crippen molar-refractivity contribution in [3.8, 4) is 0 Å². The van der Waals surface area contributed by atoms with E-state index in [0.29, 0.717) is 10.7 Å². The van der Waals surface area contributed by atoms with Crippen LogP contribution in [0.1, 0.15) is 10.4 Å². The van der Waals surface area contributed by atoms with E-state index in [2.05, 4.69) is 15.0 Å². The van der Waals surface area contributed by atoms with Gasteiger partial charge in [0.05, 0.1) is 11.0 Å². The van der Waals surface area contributed by atoms with Crippen molar-refractivity contribution in [1.82, 2.24) is 9.97 Å². The molecule has 0 bridgehead atoms. The van der Waals surface area contributed by atoms with E-state index in [0.717, 1.165) is 22.8 Å². The van der Waals surface area contributed by atoms with Gasteiger partial charge in [-0.2, -0.15) is 4.99 Å². The molecule has 0 aliphatic carbocycles. The Morgan fingerprint density at radius 2 is 1.81 bits per heavy atom. The van der Waals surface area contributed by atoms with Crippen LogP contribution in [-0.2, 0) is 0 Å². The summed E-state index contributed by atoms with van der Waals surface area (Å²) < 4.78 is 0. The van der Waals surface area contributed by atoms with Gasteiger partial charge in [-0.15, -0.1) is 0 Å². The number of imidazole rings is 1. The molecule has 2 aromatic carbocycles. The lowest BCUT2D eigenvalue weighted by molar-refractivity contribution is 0.100. The van der Waals surface area contributed by atoms with Crippen molar-refractivity contribution in [1.29, 1.82) is 0 Å². The number of thioether (sulfide) groups is 1. The van der Waals surface area contributed by atoms with Crippen molar-refractivity contribution in [3.05, 3.63) is 60.2 Å². The van der Waals surface area contributed by atoms with Crippen molar-refractivity contribution in [2.45, 2.75) is 5.16 Å². The molecule has 1 aromatic heterocycles. The number of nitrogens with one attached hydrogen (secondary N) is 1. The van der Waals surface area contributed by atoms with E-state index >= 15 is 0 Å². The zero-order valence-corrected chi connectivity index (χ0v) is 11.8. The van der Waals surface area contributed by atoms with E-state index in [-0.39, 0.29) is 11.1 Å². The Balaban J connectivity index is 1.77. The van der Waals surface area contributed by atoms with Crippen LogP contribution in [0.4, 0.5) is 0 Å². The van der Waals surface area contributed by atoms with Gasteiger partial charge in [-0.25, -0.2) is 4.98 Å². The van der Waals surface area contributed by atoms with Gasteiger partial charge in [0.1, 0.15) is 0 Å². The van der Waals surface area contributed by atoms with Crippen molar-refractivity contribution in [2.24, 2.45) is 10.7 Å². The maximum absolute atomic E-state index is 11.9. The molecule has 5 nitrogen and oxygen atoms in total. The second-order valence-corrected chi connectivity index (χ2v) is 5.29. The highest BCUT2D eigenvalue weighted by Crippen LogP contribution is 2.19. The minimum Gasteiger partial charge on any atom is -0.378 e. The molecule has 0 atom stereocenters. The van der Waals surface area contributed by atoms with Crippen LogP contribution < -0.4 is 5.73 Å². The van der Waals surface area contributed by atoms with E-state index in [9.17, 15) is 4.79 Å². The minimum absolute atomic E-state index is 0.155. The first-order valence-corrected chi connectivity index (χ1v) is 7.10. The molecule has 0 saturated carbocycles. The average molecular weight is 296 g/mol. The Morgan fingerprint density at radius 1 is 1.10 bits per heavy atom. The Hall–Kier alpha value is -2.60. The van der Waals surface area contributed by atoms with Gasteiger partial charge < -0.3 is 10.7 Å². The van der Waals surface area contributed by atoms with Crippen molar-refractivity contribution in [2.75, 3.05) is 0 Å². The average Bonchev–Trinajstić information content (AvgIpc) is 2.90. The third-order valence-electron chi connectivity index (χ3n) is 2.80. The smallest absolute Gasteiger partial charge is 0.279 e. The maximum Gasteiger partial charge on any atom is 0.279 e. The number of nitrogens with two attached hydrogens (primary N) is 1. The van der Waals surface area contributed by atoms with Crippen LogP contribution in [0, 0.1) is 0 Å². The van der Waals surface area contributed by atoms with Crippen molar-refractivity contribution < 1.29 is 4.79 Å². The predicted molar refractivity (Wildman–Crippen MR) is 84.3 cm³/mol. The number of carbonyl (C=O) groups is 1. The number of amidine groups is 1. The molecule has 0 radical (unpaired) electrons. The summed E-state index contributed by atoms with van der Waals surface area (Å²) in [4.78, 5) is 23.3. The van der Waals surface area contributed by atoms with Gasteiger partial charge in [0.15, 0.2) is 10.3 Å². The highest BCUT2D eigenvalue weighted by Gasteiger charge is 2.08. The van der Waals surface area contributed by atoms with Gasteiger partial charge in [0, 0.05) is 5.56 Å². The first kappa shape index (κ1) is 13.4. The summed E-state index contributed by atoms with van der Waals surface area (Å²) in [6.07, 6.45) is 0. The Morgan fingerprint density at radius 3 is 2.57 bits per heavy atom. The number of aromatic amines is 1. The molecular formula is C15H12N4OS. The molecule has 21 heavy (non-hydrogen) atoms. The lowest BCUT2D eigenvalue weighted by Gasteiger charge is -1.97. The highest BCUT2D eigenvalue weighted by atomic mass is 32.2. The number of para-hydroxylation sites is 2. The number of aromatic nitrogens is 2. The summed E-state index contributed by atoms with van der Waals surface area (Å²) in [5.41, 5.74) is 8.07. The number of rotatable bonds is 2. The number of fused-ring (bicyclic) bond motifs is 1. The maximum atomic E-state index is 11.9. The fraction of sp³-hybridized carbons (Fsp3) is 0. The van der Waals surface area contributed by atoms with E-state index in [1.165, 1.54) is 0 Å². The monoisotopic (exact) mass is 296 g/mol. The molecule has 1 amide bonds. The largest absolute Gasteiger partial charge is 0.378 e. The Labute approximate surface area is 125 Å². The fourth-order valence-corrected chi connectivity index (χ4v) is 2.48. The topological polar surface area (TPSA) is 84.1 Å². The second kappa shape index (κ2) is 5.80. The SMILES string of the molecule is NC(=NC(=O)c1ccccc1)Sc1nc2ccccc2[nH]1. The van der Waals surface area contributed by atoms with E-state index in [4.69, 9.17) is 5.73 Å². The third-order valence-corrected chi connectivity index (χ3v) is 3.49. The molecule has 6 heteroatoms. The van der Waals surface area contributed by atoms with Crippen LogP contribution >= 0.6 is 11.8 Å². The Kier molecular flexibility index (Phi) is 3.70. The molecule has 0 spiro atoms. The number of benzene rings is 2. The zero-order valence-electron chi connectivity index (χ0n) is 11.0. The van der Waals surface area contributed by atoms with Gasteiger partial charge in [-0.05, 0) is 36.0 Å². The predicted octanol–water partition coefficient (Wildman–Crippen LogP) is 2.81. The summed E-state index contributed by atoms with van der Waals surface area (Å²) in [7, 11) is 0. The summed E-state index contributed by atoms with van der Waals surface area (Å²) >= 11 is 1.13. The molecule has 104 valence electrons. The summed E-state index contributed by atoms with van der Waals surface area (Å²) in [5, 5.41) is 0.765. The number of carbonyl (C=O) groups excluding carboxylic acids is 1. The number of aliphatic imine (C=N–C) groups is 1. The lowest BCUT2D eigenvalue weighted by Crippen LogP contribution is -2.10. The van der Waals surface area contributed by atoms with Gasteiger partial charge in [-0.1, -0.05) is 30.3 Å². The van der Waals surface area contributed by atoms with Gasteiger partial charge in [0.25, 0.3) is 5.91 Å². The van der Waals surface area contributed by atoms with Crippen LogP contribution in [0.15, 0.2) is 64.7 Å².